The van der Waals surface area contributed by atoms with Gasteiger partial charge in [-0.2, -0.15) is 0 Å². The molecule has 1 spiro atoms. The molecule has 0 amide bonds. The first kappa shape index (κ1) is 10.8. The normalized spacial score (nSPS) is 24.8. The van der Waals surface area contributed by atoms with Crippen LogP contribution < -0.4 is 0 Å². The Bertz CT molecular complexity index is 612. The topological polar surface area (TPSA) is 52.6 Å². The van der Waals surface area contributed by atoms with Crippen LogP contribution in [0.25, 0.3) is 0 Å². The fourth-order valence-electron chi connectivity index (χ4n) is 2.32. The summed E-state index contributed by atoms with van der Waals surface area (Å²) in [5, 5.41) is 0. The molecule has 4 nitrogen and oxygen atoms in total. The Hall–Kier alpha value is -2.36. The van der Waals surface area contributed by atoms with E-state index in [0.29, 0.717) is 16.9 Å². The van der Waals surface area contributed by atoms with Gasteiger partial charge in [0.1, 0.15) is 0 Å². The molecule has 0 N–H and O–H groups in total. The van der Waals surface area contributed by atoms with Crippen molar-refractivity contribution < 1.29 is 19.1 Å². The Balaban J connectivity index is 2.24. The molecule has 1 unspecified atom stereocenters. The Morgan fingerprint density at radius 1 is 1.22 bits per heavy atom. The molecule has 4 heteroatoms. The van der Waals surface area contributed by atoms with E-state index in [0.717, 1.165) is 0 Å². The van der Waals surface area contributed by atoms with Crippen molar-refractivity contribution in [1.82, 2.24) is 0 Å². The lowest BCUT2D eigenvalue weighted by Crippen LogP contribution is -2.30. The highest BCUT2D eigenvalue weighted by Gasteiger charge is 2.49. The lowest BCUT2D eigenvalue weighted by Gasteiger charge is -2.28. The highest BCUT2D eigenvalue weighted by Crippen LogP contribution is 2.44. The average Bonchev–Trinajstić information content (AvgIpc) is 2.67. The Labute approximate surface area is 104 Å². The van der Waals surface area contributed by atoms with Gasteiger partial charge in [-0.05, 0) is 18.2 Å². The van der Waals surface area contributed by atoms with Crippen LogP contribution in [0.4, 0.5) is 0 Å². The van der Waals surface area contributed by atoms with Gasteiger partial charge in [0.15, 0.2) is 11.5 Å². The third-order valence-electron chi connectivity index (χ3n) is 3.14. The number of rotatable bonds is 1. The molecule has 3 rings (SSSR count). The summed E-state index contributed by atoms with van der Waals surface area (Å²) in [4.78, 5) is 23.2. The van der Waals surface area contributed by atoms with Crippen molar-refractivity contribution in [1.29, 1.82) is 0 Å². The van der Waals surface area contributed by atoms with Crippen molar-refractivity contribution in [2.75, 3.05) is 7.11 Å². The van der Waals surface area contributed by atoms with E-state index in [1.54, 1.807) is 24.3 Å². The molecule has 0 saturated heterocycles. The fraction of sp³-hybridized carbons (Fsp3) is 0.143. The van der Waals surface area contributed by atoms with Crippen LogP contribution in [-0.4, -0.2) is 18.9 Å². The summed E-state index contributed by atoms with van der Waals surface area (Å²) in [6.45, 7) is 0. The average molecular weight is 242 g/mol. The zero-order valence-electron chi connectivity index (χ0n) is 9.67. The summed E-state index contributed by atoms with van der Waals surface area (Å²) in [5.41, 5.74) is 0.113. The summed E-state index contributed by atoms with van der Waals surface area (Å²) < 4.78 is 10.7. The van der Waals surface area contributed by atoms with E-state index < -0.39 is 11.6 Å². The number of carbonyl (C=O) groups excluding carboxylic acids is 2. The van der Waals surface area contributed by atoms with Crippen molar-refractivity contribution in [3.8, 4) is 0 Å². The number of hydrogen-bond donors (Lipinski definition) is 0. The molecule has 90 valence electrons. The van der Waals surface area contributed by atoms with E-state index in [4.69, 9.17) is 9.47 Å². The molecule has 0 radical (unpaired) electrons. The van der Waals surface area contributed by atoms with Gasteiger partial charge >= 0.3 is 5.97 Å². The van der Waals surface area contributed by atoms with Crippen molar-refractivity contribution in [3.05, 3.63) is 59.4 Å². The maximum absolute atomic E-state index is 11.9. The summed E-state index contributed by atoms with van der Waals surface area (Å²) in [5.74, 6) is -0.265. The van der Waals surface area contributed by atoms with E-state index in [1.807, 2.05) is 6.07 Å². The van der Waals surface area contributed by atoms with Gasteiger partial charge < -0.3 is 9.47 Å². The lowest BCUT2D eigenvalue weighted by atomic mass is 9.86. The summed E-state index contributed by atoms with van der Waals surface area (Å²) in [7, 11) is 1.45. The van der Waals surface area contributed by atoms with Crippen LogP contribution in [0.5, 0.6) is 0 Å². The number of benzene rings is 1. The molecule has 18 heavy (non-hydrogen) atoms. The van der Waals surface area contributed by atoms with Crippen molar-refractivity contribution in [3.63, 3.8) is 0 Å². The van der Waals surface area contributed by atoms with Gasteiger partial charge in [0.05, 0.1) is 12.7 Å². The van der Waals surface area contributed by atoms with Crippen LogP contribution in [0.2, 0.25) is 0 Å². The molecule has 1 heterocycles. The molecule has 1 aliphatic heterocycles. The fourth-order valence-corrected chi connectivity index (χ4v) is 2.32. The van der Waals surface area contributed by atoms with Crippen molar-refractivity contribution >= 4 is 11.8 Å². The largest absolute Gasteiger partial charge is 0.496 e. The van der Waals surface area contributed by atoms with Gasteiger partial charge in [-0.15, -0.1) is 0 Å². The number of hydrogen-bond acceptors (Lipinski definition) is 4. The smallest absolute Gasteiger partial charge is 0.340 e. The predicted octanol–water partition coefficient (Wildman–Crippen LogP) is 1.72. The summed E-state index contributed by atoms with van der Waals surface area (Å²) in [6, 6.07) is 7.09. The molecule has 1 aromatic rings. The number of carbonyl (C=O) groups is 2. The van der Waals surface area contributed by atoms with E-state index >= 15 is 0 Å². The van der Waals surface area contributed by atoms with E-state index in [-0.39, 0.29) is 5.78 Å². The second kappa shape index (κ2) is 3.57. The number of methoxy groups -OCH3 is 1. The van der Waals surface area contributed by atoms with Gasteiger partial charge in [-0.1, -0.05) is 18.2 Å². The molecule has 1 atom stereocenters. The van der Waals surface area contributed by atoms with Crippen LogP contribution in [0.3, 0.4) is 0 Å². The van der Waals surface area contributed by atoms with Crippen LogP contribution in [0.15, 0.2) is 48.3 Å². The lowest BCUT2D eigenvalue weighted by molar-refractivity contribution is -0.111. The van der Waals surface area contributed by atoms with Crippen molar-refractivity contribution in [2.45, 2.75) is 5.60 Å². The first-order valence-corrected chi connectivity index (χ1v) is 5.49. The van der Waals surface area contributed by atoms with Crippen molar-refractivity contribution in [2.24, 2.45) is 0 Å². The SMILES string of the molecule is COC1=CC(=O)C=CC12OC(=O)c1ccccc12. The molecule has 1 aromatic carbocycles. The minimum atomic E-state index is -1.09. The molecule has 2 aliphatic rings. The van der Waals surface area contributed by atoms with Gasteiger partial charge in [-0.25, -0.2) is 4.79 Å². The number of ether oxygens (including phenoxy) is 2. The summed E-state index contributed by atoms with van der Waals surface area (Å²) >= 11 is 0. The zero-order valence-corrected chi connectivity index (χ0v) is 9.67. The Kier molecular flexibility index (Phi) is 2.13. The quantitative estimate of drug-likeness (QED) is 0.704. The van der Waals surface area contributed by atoms with Crippen LogP contribution >= 0.6 is 0 Å². The monoisotopic (exact) mass is 242 g/mol. The number of ketones is 1. The second-order valence-electron chi connectivity index (χ2n) is 4.12. The molecular weight excluding hydrogens is 232 g/mol. The van der Waals surface area contributed by atoms with Crippen LogP contribution in [-0.2, 0) is 19.9 Å². The van der Waals surface area contributed by atoms with Gasteiger partial charge in [0.25, 0.3) is 0 Å². The second-order valence-corrected chi connectivity index (χ2v) is 4.12. The number of fused-ring (bicyclic) bond motifs is 2. The maximum atomic E-state index is 11.9. The molecular formula is C14H10O4. The first-order chi connectivity index (χ1) is 8.67. The van der Waals surface area contributed by atoms with E-state index in [2.05, 4.69) is 0 Å². The first-order valence-electron chi connectivity index (χ1n) is 5.49. The van der Waals surface area contributed by atoms with Crippen LogP contribution in [0, 0.1) is 0 Å². The Morgan fingerprint density at radius 3 is 2.78 bits per heavy atom. The minimum absolute atomic E-state index is 0.182. The zero-order chi connectivity index (χ0) is 12.8. The molecule has 0 aromatic heterocycles. The molecule has 1 aliphatic carbocycles. The third-order valence-corrected chi connectivity index (χ3v) is 3.14. The highest BCUT2D eigenvalue weighted by atomic mass is 16.6. The third kappa shape index (κ3) is 1.26. The van der Waals surface area contributed by atoms with Gasteiger partial charge in [0, 0.05) is 11.6 Å². The van der Waals surface area contributed by atoms with Gasteiger partial charge in [0.2, 0.25) is 5.60 Å². The number of esters is 1. The highest BCUT2D eigenvalue weighted by molar-refractivity contribution is 6.03. The molecule has 0 bridgehead atoms. The van der Waals surface area contributed by atoms with Gasteiger partial charge in [-0.3, -0.25) is 4.79 Å². The number of allylic oxidation sites excluding steroid dienone is 2. The van der Waals surface area contributed by atoms with Crippen LogP contribution in [0.1, 0.15) is 15.9 Å². The Morgan fingerprint density at radius 2 is 2.00 bits per heavy atom. The minimum Gasteiger partial charge on any atom is -0.496 e. The molecule has 0 saturated carbocycles. The maximum Gasteiger partial charge on any atom is 0.340 e. The van der Waals surface area contributed by atoms with E-state index in [9.17, 15) is 9.59 Å². The predicted molar refractivity (Wildman–Crippen MR) is 62.8 cm³/mol. The molecule has 0 fully saturated rings. The van der Waals surface area contributed by atoms with E-state index in [1.165, 1.54) is 19.3 Å². The standard InChI is InChI=1S/C14H10O4/c1-17-12-8-9(15)6-7-14(12)11-5-3-2-4-10(11)13(16)18-14/h2-8H,1H3. The summed E-state index contributed by atoms with van der Waals surface area (Å²) in [6.07, 6.45) is 4.30.